The summed E-state index contributed by atoms with van der Waals surface area (Å²) in [6, 6.07) is 9.74. The predicted octanol–water partition coefficient (Wildman–Crippen LogP) is 3.79. The molecule has 3 heteroatoms. The van der Waals surface area contributed by atoms with Crippen molar-refractivity contribution in [3.8, 4) is 11.3 Å². The molecule has 0 aliphatic heterocycles. The molecule has 0 fully saturated rings. The van der Waals surface area contributed by atoms with Crippen molar-refractivity contribution in [3.63, 3.8) is 0 Å². The van der Waals surface area contributed by atoms with Crippen LogP contribution < -0.4 is 4.57 Å². The number of hydrogen-bond donors (Lipinski definition) is 0. The third kappa shape index (κ3) is 2.29. The molecule has 0 saturated carbocycles. The summed E-state index contributed by atoms with van der Waals surface area (Å²) in [6.07, 6.45) is 1.81. The van der Waals surface area contributed by atoms with Crippen LogP contribution >= 0.6 is 0 Å². The number of hydrogen-bond acceptors (Lipinski definition) is 1. The normalized spacial score (nSPS) is 11.1. The predicted molar refractivity (Wildman–Crippen MR) is 82.5 cm³/mol. The second-order valence-corrected chi connectivity index (χ2v) is 5.64. The molecule has 0 spiro atoms. The number of nitrogens with zero attached hydrogens (tertiary/aromatic N) is 2. The molecule has 0 radical (unpaired) electrons. The number of halogens is 1. The fourth-order valence-corrected chi connectivity index (χ4v) is 2.72. The molecule has 0 unspecified atom stereocenters. The molecule has 0 aliphatic carbocycles. The van der Waals surface area contributed by atoms with E-state index in [-0.39, 0.29) is 5.82 Å². The minimum atomic E-state index is -0.159. The number of aryl methyl sites for hydroxylation is 4. The van der Waals surface area contributed by atoms with Crippen molar-refractivity contribution in [3.05, 3.63) is 59.2 Å². The maximum atomic E-state index is 13.7. The maximum Gasteiger partial charge on any atom is 0.287 e. The van der Waals surface area contributed by atoms with Crippen LogP contribution in [-0.2, 0) is 7.05 Å². The van der Waals surface area contributed by atoms with Gasteiger partial charge in [-0.2, -0.15) is 0 Å². The lowest BCUT2D eigenvalue weighted by Gasteiger charge is -2.10. The SMILES string of the molecule is Cc1ccc2nc[n+](C)c(-c3cc(C)c(F)cc3C)c2c1. The van der Waals surface area contributed by atoms with Crippen LogP contribution in [0.15, 0.2) is 36.7 Å². The fourth-order valence-electron chi connectivity index (χ4n) is 2.72. The van der Waals surface area contributed by atoms with Gasteiger partial charge in [0.15, 0.2) is 5.52 Å². The Balaban J connectivity index is 2.42. The van der Waals surface area contributed by atoms with Crippen molar-refractivity contribution in [1.82, 2.24) is 4.98 Å². The summed E-state index contributed by atoms with van der Waals surface area (Å²) in [4.78, 5) is 4.47. The molecule has 0 saturated heterocycles. The van der Waals surface area contributed by atoms with Gasteiger partial charge in [0.1, 0.15) is 11.5 Å². The zero-order valence-corrected chi connectivity index (χ0v) is 12.7. The number of benzene rings is 2. The van der Waals surface area contributed by atoms with Gasteiger partial charge in [-0.25, -0.2) is 8.96 Å². The molecule has 3 rings (SSSR count). The summed E-state index contributed by atoms with van der Waals surface area (Å²) in [5.41, 5.74) is 5.86. The van der Waals surface area contributed by atoms with Gasteiger partial charge in [0.2, 0.25) is 0 Å². The molecular formula is C18H18FN2+. The van der Waals surface area contributed by atoms with Crippen LogP contribution in [0.2, 0.25) is 0 Å². The molecule has 106 valence electrons. The lowest BCUT2D eigenvalue weighted by molar-refractivity contribution is -0.662. The first-order valence-electron chi connectivity index (χ1n) is 6.99. The van der Waals surface area contributed by atoms with Crippen LogP contribution in [0.3, 0.4) is 0 Å². The third-order valence-corrected chi connectivity index (χ3v) is 3.89. The largest absolute Gasteiger partial charge is 0.287 e. The van der Waals surface area contributed by atoms with E-state index >= 15 is 0 Å². The van der Waals surface area contributed by atoms with Crippen molar-refractivity contribution >= 4 is 10.9 Å². The van der Waals surface area contributed by atoms with Crippen LogP contribution in [0, 0.1) is 26.6 Å². The molecule has 3 aromatic rings. The monoisotopic (exact) mass is 281 g/mol. The van der Waals surface area contributed by atoms with Gasteiger partial charge in [-0.15, -0.1) is 0 Å². The summed E-state index contributed by atoms with van der Waals surface area (Å²) in [5, 5.41) is 1.09. The Labute approximate surface area is 123 Å². The average molecular weight is 281 g/mol. The Bertz CT molecular complexity index is 848. The molecule has 1 aromatic heterocycles. The van der Waals surface area contributed by atoms with E-state index in [1.165, 1.54) is 5.56 Å². The average Bonchev–Trinajstić information content (AvgIpc) is 2.43. The molecule has 0 aliphatic rings. The minimum absolute atomic E-state index is 0.159. The second kappa shape index (κ2) is 4.92. The highest BCUT2D eigenvalue weighted by Crippen LogP contribution is 2.29. The van der Waals surface area contributed by atoms with Gasteiger partial charge in [0.05, 0.1) is 12.4 Å². The first-order chi connectivity index (χ1) is 9.97. The molecule has 0 bridgehead atoms. The van der Waals surface area contributed by atoms with Crippen molar-refractivity contribution in [1.29, 1.82) is 0 Å². The summed E-state index contributed by atoms with van der Waals surface area (Å²) in [5.74, 6) is -0.159. The Morgan fingerprint density at radius 1 is 1.00 bits per heavy atom. The van der Waals surface area contributed by atoms with Gasteiger partial charge < -0.3 is 0 Å². The molecule has 2 aromatic carbocycles. The van der Waals surface area contributed by atoms with Crippen LogP contribution in [0.1, 0.15) is 16.7 Å². The van der Waals surface area contributed by atoms with E-state index in [0.29, 0.717) is 5.56 Å². The molecule has 1 heterocycles. The number of aromatic nitrogens is 2. The molecule has 0 atom stereocenters. The van der Waals surface area contributed by atoms with Gasteiger partial charge in [0.25, 0.3) is 6.33 Å². The van der Waals surface area contributed by atoms with Crippen molar-refractivity contribution in [2.45, 2.75) is 20.8 Å². The highest BCUT2D eigenvalue weighted by molar-refractivity contribution is 5.91. The van der Waals surface area contributed by atoms with E-state index in [9.17, 15) is 4.39 Å². The molecule has 21 heavy (non-hydrogen) atoms. The molecular weight excluding hydrogens is 263 g/mol. The zero-order chi connectivity index (χ0) is 15.1. The summed E-state index contributed by atoms with van der Waals surface area (Å²) < 4.78 is 15.7. The smallest absolute Gasteiger partial charge is 0.232 e. The van der Waals surface area contributed by atoms with Gasteiger partial charge in [-0.05, 0) is 61.1 Å². The van der Waals surface area contributed by atoms with E-state index in [2.05, 4.69) is 24.0 Å². The lowest BCUT2D eigenvalue weighted by atomic mass is 9.98. The Morgan fingerprint density at radius 3 is 2.52 bits per heavy atom. The molecule has 0 amide bonds. The number of rotatable bonds is 1. The van der Waals surface area contributed by atoms with Crippen LogP contribution in [0.5, 0.6) is 0 Å². The lowest BCUT2D eigenvalue weighted by Crippen LogP contribution is -2.32. The van der Waals surface area contributed by atoms with E-state index in [0.717, 1.165) is 27.7 Å². The van der Waals surface area contributed by atoms with Gasteiger partial charge in [-0.3, -0.25) is 0 Å². The highest BCUT2D eigenvalue weighted by atomic mass is 19.1. The zero-order valence-electron chi connectivity index (χ0n) is 12.7. The van der Waals surface area contributed by atoms with Crippen LogP contribution in [0.25, 0.3) is 22.2 Å². The van der Waals surface area contributed by atoms with E-state index < -0.39 is 0 Å². The third-order valence-electron chi connectivity index (χ3n) is 3.89. The first kappa shape index (κ1) is 13.7. The Kier molecular flexibility index (Phi) is 3.20. The van der Waals surface area contributed by atoms with Crippen molar-refractivity contribution in [2.75, 3.05) is 0 Å². The van der Waals surface area contributed by atoms with E-state index in [4.69, 9.17) is 0 Å². The van der Waals surface area contributed by atoms with Gasteiger partial charge >= 0.3 is 0 Å². The standard InChI is InChI=1S/C18H18FN2/c1-11-5-6-17-15(7-11)18(21(4)10-20-17)14-8-13(3)16(19)9-12(14)2/h5-10H,1-4H3/q+1. The topological polar surface area (TPSA) is 16.8 Å². The second-order valence-electron chi connectivity index (χ2n) is 5.64. The summed E-state index contributed by atoms with van der Waals surface area (Å²) in [7, 11) is 1.97. The molecule has 2 nitrogen and oxygen atoms in total. The van der Waals surface area contributed by atoms with Crippen molar-refractivity contribution in [2.24, 2.45) is 7.05 Å². The van der Waals surface area contributed by atoms with Crippen LogP contribution in [-0.4, -0.2) is 4.98 Å². The van der Waals surface area contributed by atoms with Gasteiger partial charge in [0, 0.05) is 5.56 Å². The van der Waals surface area contributed by atoms with Gasteiger partial charge in [-0.1, -0.05) is 11.6 Å². The number of fused-ring (bicyclic) bond motifs is 1. The highest BCUT2D eigenvalue weighted by Gasteiger charge is 2.17. The minimum Gasteiger partial charge on any atom is -0.232 e. The van der Waals surface area contributed by atoms with E-state index in [1.807, 2.05) is 37.0 Å². The first-order valence-corrected chi connectivity index (χ1v) is 6.99. The maximum absolute atomic E-state index is 13.7. The fraction of sp³-hybridized carbons (Fsp3) is 0.222. The quantitative estimate of drug-likeness (QED) is 0.620. The van der Waals surface area contributed by atoms with E-state index in [1.54, 1.807) is 13.0 Å². The summed E-state index contributed by atoms with van der Waals surface area (Å²) in [6.45, 7) is 5.81. The molecule has 0 N–H and O–H groups in total. The summed E-state index contributed by atoms with van der Waals surface area (Å²) >= 11 is 0. The Morgan fingerprint density at radius 2 is 1.76 bits per heavy atom. The Hall–Kier alpha value is -2.29. The van der Waals surface area contributed by atoms with Crippen LogP contribution in [0.4, 0.5) is 4.39 Å². The van der Waals surface area contributed by atoms with Crippen molar-refractivity contribution < 1.29 is 8.96 Å².